The molecule has 0 bridgehead atoms. The molecule has 0 N–H and O–H groups in total. The highest BCUT2D eigenvalue weighted by molar-refractivity contribution is 7.99. The lowest BCUT2D eigenvalue weighted by molar-refractivity contribution is -0.385. The van der Waals surface area contributed by atoms with Crippen LogP contribution in [-0.2, 0) is 4.79 Å². The monoisotopic (exact) mass is 405 g/mol. The molecule has 1 aliphatic heterocycles. The second-order valence-corrected chi connectivity index (χ2v) is 7.53. The van der Waals surface area contributed by atoms with Gasteiger partial charge in [0.2, 0.25) is 0 Å². The van der Waals surface area contributed by atoms with Crippen LogP contribution in [0.4, 0.5) is 5.69 Å². The number of carbonyl (C=O) groups is 2. The predicted octanol–water partition coefficient (Wildman–Crippen LogP) is 2.56. The number of amides is 1. The number of halogens is 1. The second kappa shape index (κ2) is 7.58. The first-order valence-electron chi connectivity index (χ1n) is 7.96. The Morgan fingerprint density at radius 1 is 1.26 bits per heavy atom. The summed E-state index contributed by atoms with van der Waals surface area (Å²) >= 11 is 7.49. The van der Waals surface area contributed by atoms with Crippen molar-refractivity contribution in [2.75, 3.05) is 5.75 Å². The summed E-state index contributed by atoms with van der Waals surface area (Å²) in [5.74, 6) is -1.87. The molecular weight excluding hydrogens is 392 g/mol. The Morgan fingerprint density at radius 3 is 2.59 bits per heavy atom. The number of aliphatic carboxylic acids is 1. The quantitative estimate of drug-likeness (QED) is 0.572. The van der Waals surface area contributed by atoms with E-state index in [-0.39, 0.29) is 17.0 Å². The van der Waals surface area contributed by atoms with E-state index in [4.69, 9.17) is 11.6 Å². The molecule has 140 valence electrons. The highest BCUT2D eigenvalue weighted by Gasteiger charge is 2.40. The van der Waals surface area contributed by atoms with E-state index in [1.54, 1.807) is 31.2 Å². The first kappa shape index (κ1) is 19.2. The third-order valence-electron chi connectivity index (χ3n) is 4.33. The number of nitro benzene ring substituents is 1. The van der Waals surface area contributed by atoms with Gasteiger partial charge in [0.05, 0.1) is 16.9 Å². The zero-order valence-electron chi connectivity index (χ0n) is 14.1. The molecule has 27 heavy (non-hydrogen) atoms. The van der Waals surface area contributed by atoms with Gasteiger partial charge in [-0.05, 0) is 19.1 Å². The molecule has 2 aromatic carbocycles. The molecule has 1 aliphatic rings. The van der Waals surface area contributed by atoms with Gasteiger partial charge >= 0.3 is 0 Å². The number of carboxylic acid groups (broad SMARTS) is 1. The van der Waals surface area contributed by atoms with E-state index >= 15 is 0 Å². The van der Waals surface area contributed by atoms with Crippen molar-refractivity contribution in [2.45, 2.75) is 18.3 Å². The van der Waals surface area contributed by atoms with Crippen molar-refractivity contribution in [3.05, 3.63) is 74.3 Å². The summed E-state index contributed by atoms with van der Waals surface area (Å²) in [6.07, 6.45) is 0. The Hall–Kier alpha value is -2.58. The van der Waals surface area contributed by atoms with E-state index < -0.39 is 28.2 Å². The highest BCUT2D eigenvalue weighted by Crippen LogP contribution is 2.44. The molecular formula is C18H14ClN2O5S-. The molecule has 0 aliphatic carbocycles. The fourth-order valence-corrected chi connectivity index (χ4v) is 4.69. The molecule has 1 saturated heterocycles. The van der Waals surface area contributed by atoms with Crippen LogP contribution in [0.25, 0.3) is 0 Å². The number of hydrogen-bond donors (Lipinski definition) is 0. The Morgan fingerprint density at radius 2 is 1.96 bits per heavy atom. The maximum Gasteiger partial charge on any atom is 0.273 e. The minimum atomic E-state index is -1.38. The van der Waals surface area contributed by atoms with Gasteiger partial charge in [-0.2, -0.15) is 0 Å². The molecule has 3 rings (SSSR count). The minimum Gasteiger partial charge on any atom is -0.548 e. The van der Waals surface area contributed by atoms with Crippen molar-refractivity contribution < 1.29 is 19.6 Å². The van der Waals surface area contributed by atoms with Crippen LogP contribution in [0.5, 0.6) is 0 Å². The average Bonchev–Trinajstić information content (AvgIpc) is 3.06. The number of nitro groups is 1. The van der Waals surface area contributed by atoms with Gasteiger partial charge in [-0.1, -0.05) is 35.9 Å². The largest absolute Gasteiger partial charge is 0.548 e. The molecule has 1 fully saturated rings. The first-order chi connectivity index (χ1) is 12.8. The van der Waals surface area contributed by atoms with Gasteiger partial charge in [0.15, 0.2) is 0 Å². The molecule has 2 aromatic rings. The number of thioether (sulfide) groups is 1. The summed E-state index contributed by atoms with van der Waals surface area (Å²) < 4.78 is 0. The van der Waals surface area contributed by atoms with Gasteiger partial charge in [0.1, 0.15) is 5.37 Å². The zero-order valence-corrected chi connectivity index (χ0v) is 15.7. The van der Waals surface area contributed by atoms with E-state index in [0.29, 0.717) is 16.1 Å². The molecule has 0 spiro atoms. The number of aryl methyl sites for hydroxylation is 1. The van der Waals surface area contributed by atoms with Gasteiger partial charge in [0, 0.05) is 33.5 Å². The Balaban J connectivity index is 2.05. The summed E-state index contributed by atoms with van der Waals surface area (Å²) in [6, 6.07) is 9.76. The van der Waals surface area contributed by atoms with Crippen LogP contribution in [0.2, 0.25) is 5.02 Å². The molecule has 0 unspecified atom stereocenters. The average molecular weight is 406 g/mol. The number of carboxylic acids is 1. The molecule has 0 radical (unpaired) electrons. The Kier molecular flexibility index (Phi) is 5.38. The van der Waals surface area contributed by atoms with Crippen LogP contribution < -0.4 is 5.11 Å². The molecule has 1 heterocycles. The van der Waals surface area contributed by atoms with Crippen LogP contribution in [0, 0.1) is 17.0 Å². The van der Waals surface area contributed by atoms with Crippen molar-refractivity contribution in [3.63, 3.8) is 0 Å². The zero-order chi connectivity index (χ0) is 19.7. The SMILES string of the molecule is Cc1ccc(C(=O)N2[C@@H](C(=O)[O-])CS[C@H]2c2ccccc2Cl)cc1[N+](=O)[O-]. The van der Waals surface area contributed by atoms with Crippen molar-refractivity contribution in [1.82, 2.24) is 4.90 Å². The summed E-state index contributed by atoms with van der Waals surface area (Å²) in [6.45, 7) is 1.56. The first-order valence-corrected chi connectivity index (χ1v) is 9.38. The summed E-state index contributed by atoms with van der Waals surface area (Å²) in [5, 5.41) is 22.5. The summed E-state index contributed by atoms with van der Waals surface area (Å²) in [4.78, 5) is 36.5. The van der Waals surface area contributed by atoms with Crippen molar-refractivity contribution in [3.8, 4) is 0 Å². The van der Waals surface area contributed by atoms with Crippen LogP contribution in [0.1, 0.15) is 26.9 Å². The normalized spacial score (nSPS) is 19.1. The van der Waals surface area contributed by atoms with Crippen LogP contribution in [-0.4, -0.2) is 33.5 Å². The fraction of sp³-hybridized carbons (Fsp3) is 0.222. The fourth-order valence-electron chi connectivity index (χ4n) is 2.94. The smallest absolute Gasteiger partial charge is 0.273 e. The molecule has 2 atom stereocenters. The maximum atomic E-state index is 13.1. The van der Waals surface area contributed by atoms with E-state index in [1.807, 2.05) is 0 Å². The molecule has 7 nitrogen and oxygen atoms in total. The lowest BCUT2D eigenvalue weighted by Gasteiger charge is -2.30. The molecule has 1 amide bonds. The van der Waals surface area contributed by atoms with E-state index in [1.165, 1.54) is 28.8 Å². The lowest BCUT2D eigenvalue weighted by Crippen LogP contribution is -2.49. The third-order valence-corrected chi connectivity index (χ3v) is 5.98. The summed E-state index contributed by atoms with van der Waals surface area (Å²) in [5.41, 5.74) is 0.847. The predicted molar refractivity (Wildman–Crippen MR) is 99.4 cm³/mol. The molecule has 9 heteroatoms. The summed E-state index contributed by atoms with van der Waals surface area (Å²) in [7, 11) is 0. The lowest BCUT2D eigenvalue weighted by atomic mass is 10.1. The second-order valence-electron chi connectivity index (χ2n) is 6.01. The Bertz CT molecular complexity index is 936. The van der Waals surface area contributed by atoms with Gasteiger partial charge in [-0.3, -0.25) is 14.9 Å². The van der Waals surface area contributed by atoms with E-state index in [2.05, 4.69) is 0 Å². The number of rotatable bonds is 4. The van der Waals surface area contributed by atoms with Gasteiger partial charge in [-0.25, -0.2) is 0 Å². The van der Waals surface area contributed by atoms with Crippen LogP contribution in [0.15, 0.2) is 42.5 Å². The maximum absolute atomic E-state index is 13.1. The van der Waals surface area contributed by atoms with E-state index in [0.717, 1.165) is 6.07 Å². The number of benzene rings is 2. The standard InChI is InChI=1S/C18H15ClN2O5S/c1-10-6-7-11(8-14(10)21(25)26)16(22)20-15(18(23)24)9-27-17(20)12-4-2-3-5-13(12)19/h2-8,15,17H,9H2,1H3,(H,23,24)/p-1/t15-,17+/m1/s1. The molecule has 0 saturated carbocycles. The van der Waals surface area contributed by atoms with Crippen LogP contribution >= 0.6 is 23.4 Å². The minimum absolute atomic E-state index is 0.0399. The van der Waals surface area contributed by atoms with Crippen molar-refractivity contribution >= 4 is 40.9 Å². The number of carbonyl (C=O) groups excluding carboxylic acids is 2. The van der Waals surface area contributed by atoms with Gasteiger partial charge in [0.25, 0.3) is 11.6 Å². The number of nitrogens with zero attached hydrogens (tertiary/aromatic N) is 2. The van der Waals surface area contributed by atoms with Gasteiger partial charge < -0.3 is 14.8 Å². The topological polar surface area (TPSA) is 104 Å². The van der Waals surface area contributed by atoms with Gasteiger partial charge in [-0.15, -0.1) is 11.8 Å². The van der Waals surface area contributed by atoms with Crippen molar-refractivity contribution in [1.29, 1.82) is 0 Å². The highest BCUT2D eigenvalue weighted by atomic mass is 35.5. The molecule has 0 aromatic heterocycles. The Labute approximate surface area is 164 Å². The third kappa shape index (κ3) is 3.63. The van der Waals surface area contributed by atoms with Crippen molar-refractivity contribution in [2.24, 2.45) is 0 Å². The van der Waals surface area contributed by atoms with Crippen LogP contribution in [0.3, 0.4) is 0 Å². The van der Waals surface area contributed by atoms with E-state index in [9.17, 15) is 24.8 Å². The number of hydrogen-bond acceptors (Lipinski definition) is 6.